The number of aliphatic hydroxyl groups excluding tert-OH is 1. The minimum Gasteiger partial charge on any atom is -0.507 e. The number of amides is 1. The Kier molecular flexibility index (Phi) is 4.94. The Morgan fingerprint density at radius 1 is 1.03 bits per heavy atom. The second-order valence-corrected chi connectivity index (χ2v) is 7.53. The summed E-state index contributed by atoms with van der Waals surface area (Å²) in [5, 5.41) is 12.8. The maximum atomic E-state index is 14.0. The summed E-state index contributed by atoms with van der Waals surface area (Å²) in [6.45, 7) is 0. The molecule has 1 aliphatic heterocycles. The van der Waals surface area contributed by atoms with Crippen LogP contribution in [-0.2, 0) is 9.59 Å². The normalized spacial score (nSPS) is 17.6. The van der Waals surface area contributed by atoms with E-state index < -0.39 is 29.3 Å². The largest absolute Gasteiger partial charge is 0.507 e. The molecular weight excluding hydrogens is 425 g/mol. The lowest BCUT2D eigenvalue weighted by Crippen LogP contribution is -2.29. The van der Waals surface area contributed by atoms with Crippen LogP contribution in [0.2, 0.25) is 0 Å². The van der Waals surface area contributed by atoms with E-state index in [1.807, 2.05) is 30.3 Å². The standard InChI is InChI=1S/C26H18FNO5/c1-32-20-12-11-16(27)14-18(20)24(29)22-23(21-10-5-13-33-21)28(26(31)25(22)30)19-9-4-7-15-6-2-3-8-17(15)19/h2-14,23,29H,1H3/b24-22-. The first-order chi connectivity index (χ1) is 16.0. The zero-order valence-electron chi connectivity index (χ0n) is 17.5. The van der Waals surface area contributed by atoms with Gasteiger partial charge < -0.3 is 14.3 Å². The Balaban J connectivity index is 1.79. The fraction of sp³-hybridized carbons (Fsp3) is 0.0769. The number of rotatable bonds is 4. The van der Waals surface area contributed by atoms with Gasteiger partial charge in [0.05, 0.1) is 30.2 Å². The summed E-state index contributed by atoms with van der Waals surface area (Å²) in [7, 11) is 1.36. The van der Waals surface area contributed by atoms with Gasteiger partial charge in [0.25, 0.3) is 11.7 Å². The van der Waals surface area contributed by atoms with Crippen molar-refractivity contribution in [3.8, 4) is 5.75 Å². The molecule has 4 aromatic rings. The van der Waals surface area contributed by atoms with Crippen LogP contribution in [0.15, 0.2) is 89.0 Å². The van der Waals surface area contributed by atoms with E-state index in [4.69, 9.17) is 9.15 Å². The van der Waals surface area contributed by atoms with Crippen LogP contribution in [-0.4, -0.2) is 23.9 Å². The molecule has 0 saturated carbocycles. The van der Waals surface area contributed by atoms with Crippen molar-refractivity contribution in [3.05, 3.63) is 102 Å². The summed E-state index contributed by atoms with van der Waals surface area (Å²) in [5.74, 6) is -2.48. The van der Waals surface area contributed by atoms with E-state index >= 15 is 0 Å². The molecule has 1 unspecified atom stereocenters. The number of ketones is 1. The van der Waals surface area contributed by atoms with Crippen molar-refractivity contribution in [2.24, 2.45) is 0 Å². The minimum atomic E-state index is -1.06. The molecule has 1 atom stereocenters. The van der Waals surface area contributed by atoms with Crippen LogP contribution in [0.1, 0.15) is 17.4 Å². The van der Waals surface area contributed by atoms with Crippen molar-refractivity contribution in [2.75, 3.05) is 12.0 Å². The van der Waals surface area contributed by atoms with Crippen molar-refractivity contribution in [3.63, 3.8) is 0 Å². The first kappa shape index (κ1) is 20.5. The Bertz CT molecular complexity index is 1420. The number of hydrogen-bond acceptors (Lipinski definition) is 5. The van der Waals surface area contributed by atoms with Crippen molar-refractivity contribution >= 4 is 33.9 Å². The zero-order chi connectivity index (χ0) is 23.1. The van der Waals surface area contributed by atoms with E-state index in [1.54, 1.807) is 24.3 Å². The van der Waals surface area contributed by atoms with Gasteiger partial charge in [-0.15, -0.1) is 0 Å². The number of furan rings is 1. The van der Waals surface area contributed by atoms with Crippen molar-refractivity contribution in [1.82, 2.24) is 0 Å². The molecule has 3 aromatic carbocycles. The molecule has 0 spiro atoms. The highest BCUT2D eigenvalue weighted by Crippen LogP contribution is 2.45. The number of Topliss-reactive ketones (excluding diaryl/α,β-unsaturated/α-hetero) is 1. The molecule has 0 bridgehead atoms. The van der Waals surface area contributed by atoms with Gasteiger partial charge >= 0.3 is 0 Å². The van der Waals surface area contributed by atoms with Gasteiger partial charge in [0, 0.05) is 5.39 Å². The van der Waals surface area contributed by atoms with Gasteiger partial charge in [-0.05, 0) is 41.8 Å². The maximum absolute atomic E-state index is 14.0. The van der Waals surface area contributed by atoms with Gasteiger partial charge in [0.2, 0.25) is 0 Å². The summed E-state index contributed by atoms with van der Waals surface area (Å²) in [4.78, 5) is 27.9. The molecule has 1 fully saturated rings. The van der Waals surface area contributed by atoms with Crippen molar-refractivity contribution in [1.29, 1.82) is 0 Å². The van der Waals surface area contributed by atoms with E-state index in [-0.39, 0.29) is 22.6 Å². The van der Waals surface area contributed by atoms with E-state index in [1.165, 1.54) is 30.4 Å². The second-order valence-electron chi connectivity index (χ2n) is 7.53. The van der Waals surface area contributed by atoms with Gasteiger partial charge in [0.1, 0.15) is 29.1 Å². The van der Waals surface area contributed by atoms with Gasteiger partial charge in [-0.2, -0.15) is 0 Å². The third-order valence-electron chi connectivity index (χ3n) is 5.70. The van der Waals surface area contributed by atoms with Gasteiger partial charge in [0.15, 0.2) is 0 Å². The number of aliphatic hydroxyl groups is 1. The first-order valence-electron chi connectivity index (χ1n) is 10.2. The summed E-state index contributed by atoms with van der Waals surface area (Å²) in [6.07, 6.45) is 1.42. The summed E-state index contributed by atoms with van der Waals surface area (Å²) >= 11 is 0. The number of nitrogens with zero attached hydrogens (tertiary/aromatic N) is 1. The maximum Gasteiger partial charge on any atom is 0.300 e. The molecule has 5 rings (SSSR count). The fourth-order valence-electron chi connectivity index (χ4n) is 4.23. The number of carbonyl (C=O) groups excluding carboxylic acids is 2. The van der Waals surface area contributed by atoms with Crippen LogP contribution in [0.25, 0.3) is 16.5 Å². The summed E-state index contributed by atoms with van der Waals surface area (Å²) < 4.78 is 24.8. The first-order valence-corrected chi connectivity index (χ1v) is 10.2. The molecular formula is C26H18FNO5. The molecule has 1 aliphatic rings. The van der Waals surface area contributed by atoms with Crippen LogP contribution >= 0.6 is 0 Å². The number of fused-ring (bicyclic) bond motifs is 1. The monoisotopic (exact) mass is 443 g/mol. The quantitative estimate of drug-likeness (QED) is 0.266. The van der Waals surface area contributed by atoms with Crippen molar-refractivity contribution < 1.29 is 28.2 Å². The highest BCUT2D eigenvalue weighted by Gasteiger charge is 2.49. The average Bonchev–Trinajstić information content (AvgIpc) is 3.45. The van der Waals surface area contributed by atoms with Crippen LogP contribution in [0.3, 0.4) is 0 Å². The minimum absolute atomic E-state index is 0.0371. The second kappa shape index (κ2) is 7.94. The Morgan fingerprint density at radius 3 is 2.58 bits per heavy atom. The highest BCUT2D eigenvalue weighted by atomic mass is 19.1. The third-order valence-corrected chi connectivity index (χ3v) is 5.70. The molecule has 1 saturated heterocycles. The predicted molar refractivity (Wildman–Crippen MR) is 120 cm³/mol. The van der Waals surface area contributed by atoms with E-state index in [0.717, 1.165) is 16.8 Å². The highest BCUT2D eigenvalue weighted by molar-refractivity contribution is 6.52. The summed E-state index contributed by atoms with van der Waals surface area (Å²) in [6, 6.07) is 18.6. The van der Waals surface area contributed by atoms with Crippen LogP contribution in [0, 0.1) is 5.82 Å². The molecule has 1 aromatic heterocycles. The molecule has 0 aliphatic carbocycles. The number of ether oxygens (including phenoxy) is 1. The van der Waals surface area contributed by atoms with Gasteiger partial charge in [-0.1, -0.05) is 36.4 Å². The lowest BCUT2D eigenvalue weighted by molar-refractivity contribution is -0.132. The lowest BCUT2D eigenvalue weighted by atomic mass is 9.98. The molecule has 1 N–H and O–H groups in total. The SMILES string of the molecule is COc1ccc(F)cc1/C(O)=C1/C(=O)C(=O)N(c2cccc3ccccc23)C1c1ccco1. The molecule has 7 heteroatoms. The number of benzene rings is 3. The number of methoxy groups -OCH3 is 1. The number of anilines is 1. The van der Waals surface area contributed by atoms with Gasteiger partial charge in [-0.25, -0.2) is 4.39 Å². The molecule has 2 heterocycles. The smallest absolute Gasteiger partial charge is 0.300 e. The predicted octanol–water partition coefficient (Wildman–Crippen LogP) is 5.21. The number of carbonyl (C=O) groups is 2. The van der Waals surface area contributed by atoms with Crippen molar-refractivity contribution in [2.45, 2.75) is 6.04 Å². The molecule has 6 nitrogen and oxygen atoms in total. The van der Waals surface area contributed by atoms with Crippen LogP contribution < -0.4 is 9.64 Å². The topological polar surface area (TPSA) is 80.0 Å². The summed E-state index contributed by atoms with van der Waals surface area (Å²) in [5.41, 5.74) is 0.235. The number of halogens is 1. The Labute approximate surface area is 188 Å². The fourth-order valence-corrected chi connectivity index (χ4v) is 4.23. The van der Waals surface area contributed by atoms with Crippen LogP contribution in [0.4, 0.5) is 10.1 Å². The molecule has 164 valence electrons. The molecule has 1 amide bonds. The Hall–Kier alpha value is -4.39. The molecule has 33 heavy (non-hydrogen) atoms. The van der Waals surface area contributed by atoms with E-state index in [0.29, 0.717) is 5.69 Å². The lowest BCUT2D eigenvalue weighted by Gasteiger charge is -2.24. The number of hydrogen-bond donors (Lipinski definition) is 1. The third kappa shape index (κ3) is 3.25. The molecule has 0 radical (unpaired) electrons. The van der Waals surface area contributed by atoms with E-state index in [9.17, 15) is 19.1 Å². The van der Waals surface area contributed by atoms with Crippen LogP contribution in [0.5, 0.6) is 5.75 Å². The average molecular weight is 443 g/mol. The van der Waals surface area contributed by atoms with E-state index in [2.05, 4.69) is 0 Å². The zero-order valence-corrected chi connectivity index (χ0v) is 17.5. The van der Waals surface area contributed by atoms with Gasteiger partial charge in [-0.3, -0.25) is 14.5 Å². The Morgan fingerprint density at radius 2 is 1.82 bits per heavy atom.